The van der Waals surface area contributed by atoms with Gasteiger partial charge in [-0.3, -0.25) is 9.59 Å². The molecule has 5 nitrogen and oxygen atoms in total. The van der Waals surface area contributed by atoms with Crippen molar-refractivity contribution in [1.29, 1.82) is 0 Å². The first kappa shape index (κ1) is 18.1. The van der Waals surface area contributed by atoms with Gasteiger partial charge in [0, 0.05) is 10.6 Å². The predicted molar refractivity (Wildman–Crippen MR) is 92.7 cm³/mol. The topological polar surface area (TPSA) is 71.3 Å². The average Bonchev–Trinajstić information content (AvgIpc) is 3.05. The zero-order valence-electron chi connectivity index (χ0n) is 13.7. The molecule has 0 aliphatic carbocycles. The number of hydrogen-bond donors (Lipinski definition) is 2. The number of rotatable bonds is 7. The van der Waals surface area contributed by atoms with E-state index in [2.05, 4.69) is 10.6 Å². The van der Waals surface area contributed by atoms with Crippen LogP contribution in [0.3, 0.4) is 0 Å². The van der Waals surface area contributed by atoms with E-state index in [4.69, 9.17) is 16.0 Å². The van der Waals surface area contributed by atoms with Crippen LogP contribution >= 0.6 is 11.6 Å². The lowest BCUT2D eigenvalue weighted by molar-refractivity contribution is -0.123. The molecule has 6 heteroatoms. The van der Waals surface area contributed by atoms with Crippen molar-refractivity contribution in [2.24, 2.45) is 5.92 Å². The first-order valence-electron chi connectivity index (χ1n) is 7.82. The third-order valence-electron chi connectivity index (χ3n) is 3.45. The lowest BCUT2D eigenvalue weighted by Crippen LogP contribution is -2.47. The molecule has 0 saturated carbocycles. The van der Waals surface area contributed by atoms with Gasteiger partial charge in [0.25, 0.3) is 5.91 Å². The minimum Gasteiger partial charge on any atom is -0.467 e. The molecular weight excluding hydrogens is 328 g/mol. The molecule has 0 spiro atoms. The fourth-order valence-electron chi connectivity index (χ4n) is 2.26. The highest BCUT2D eigenvalue weighted by molar-refractivity contribution is 6.30. The standard InChI is InChI=1S/C18H21ClN2O3/c1-12(2)10-16(18(23)20-11-15-4-3-9-24-15)21-17(22)13-5-7-14(19)8-6-13/h3-9,12,16H,10-11H2,1-2H3,(H,20,23)(H,21,22)/t16-/m0/s1. The molecule has 1 aromatic heterocycles. The maximum Gasteiger partial charge on any atom is 0.251 e. The number of benzene rings is 1. The molecule has 0 aliphatic rings. The average molecular weight is 349 g/mol. The Hall–Kier alpha value is -2.27. The fourth-order valence-corrected chi connectivity index (χ4v) is 2.38. The maximum absolute atomic E-state index is 12.4. The molecule has 1 aromatic carbocycles. The molecule has 0 aliphatic heterocycles. The predicted octanol–water partition coefficient (Wildman–Crippen LogP) is 3.39. The van der Waals surface area contributed by atoms with Crippen LogP contribution in [0.15, 0.2) is 47.1 Å². The highest BCUT2D eigenvalue weighted by Crippen LogP contribution is 2.11. The summed E-state index contributed by atoms with van der Waals surface area (Å²) in [5.74, 6) is 0.387. The largest absolute Gasteiger partial charge is 0.467 e. The van der Waals surface area contributed by atoms with Crippen LogP contribution in [0.4, 0.5) is 0 Å². The second-order valence-electron chi connectivity index (χ2n) is 5.96. The van der Waals surface area contributed by atoms with Crippen molar-refractivity contribution in [3.05, 3.63) is 59.0 Å². The molecule has 2 aromatic rings. The van der Waals surface area contributed by atoms with Crippen LogP contribution in [-0.4, -0.2) is 17.9 Å². The van der Waals surface area contributed by atoms with Gasteiger partial charge in [0.15, 0.2) is 0 Å². The van der Waals surface area contributed by atoms with Crippen molar-refractivity contribution >= 4 is 23.4 Å². The Labute approximate surface area is 146 Å². The summed E-state index contributed by atoms with van der Waals surface area (Å²) in [5.41, 5.74) is 0.465. The van der Waals surface area contributed by atoms with Gasteiger partial charge in [-0.15, -0.1) is 0 Å². The summed E-state index contributed by atoms with van der Waals surface area (Å²) in [6.07, 6.45) is 2.10. The van der Waals surface area contributed by atoms with Crippen LogP contribution in [0.2, 0.25) is 5.02 Å². The summed E-state index contributed by atoms with van der Waals surface area (Å²) in [4.78, 5) is 24.7. The van der Waals surface area contributed by atoms with Crippen molar-refractivity contribution in [2.45, 2.75) is 32.9 Å². The van der Waals surface area contributed by atoms with E-state index in [1.54, 1.807) is 42.7 Å². The first-order chi connectivity index (χ1) is 11.5. The quantitative estimate of drug-likeness (QED) is 0.805. The summed E-state index contributed by atoms with van der Waals surface area (Å²) in [7, 11) is 0. The Bertz CT molecular complexity index is 666. The monoisotopic (exact) mass is 348 g/mol. The van der Waals surface area contributed by atoms with Gasteiger partial charge in [0.2, 0.25) is 5.91 Å². The van der Waals surface area contributed by atoms with E-state index in [-0.39, 0.29) is 24.3 Å². The fraction of sp³-hybridized carbons (Fsp3) is 0.333. The van der Waals surface area contributed by atoms with Crippen LogP contribution in [0.5, 0.6) is 0 Å². The molecule has 0 unspecified atom stereocenters. The number of nitrogens with one attached hydrogen (secondary N) is 2. The molecule has 0 bridgehead atoms. The van der Waals surface area contributed by atoms with Gasteiger partial charge < -0.3 is 15.1 Å². The van der Waals surface area contributed by atoms with E-state index >= 15 is 0 Å². The molecule has 0 radical (unpaired) electrons. The Balaban J connectivity index is 1.99. The lowest BCUT2D eigenvalue weighted by Gasteiger charge is -2.20. The van der Waals surface area contributed by atoms with E-state index in [1.807, 2.05) is 13.8 Å². The van der Waals surface area contributed by atoms with Gasteiger partial charge in [0.05, 0.1) is 12.8 Å². The van der Waals surface area contributed by atoms with Gasteiger partial charge in [-0.2, -0.15) is 0 Å². The Morgan fingerprint density at radius 1 is 1.17 bits per heavy atom. The smallest absolute Gasteiger partial charge is 0.251 e. The number of amides is 2. The summed E-state index contributed by atoms with van der Waals surface area (Å²) < 4.78 is 5.19. The van der Waals surface area contributed by atoms with Crippen molar-refractivity contribution in [2.75, 3.05) is 0 Å². The van der Waals surface area contributed by atoms with Crippen LogP contribution in [0, 0.1) is 5.92 Å². The summed E-state index contributed by atoms with van der Waals surface area (Å²) >= 11 is 5.83. The van der Waals surface area contributed by atoms with Gasteiger partial charge in [-0.05, 0) is 48.7 Å². The molecule has 1 heterocycles. The van der Waals surface area contributed by atoms with E-state index in [0.717, 1.165) is 0 Å². The van der Waals surface area contributed by atoms with Crippen molar-refractivity contribution in [1.82, 2.24) is 10.6 Å². The van der Waals surface area contributed by atoms with Gasteiger partial charge >= 0.3 is 0 Å². The number of carbonyl (C=O) groups excluding carboxylic acids is 2. The van der Waals surface area contributed by atoms with Crippen LogP contribution in [0.1, 0.15) is 36.4 Å². The maximum atomic E-state index is 12.4. The zero-order valence-corrected chi connectivity index (χ0v) is 14.5. The molecule has 0 fully saturated rings. The van der Waals surface area contributed by atoms with E-state index in [1.165, 1.54) is 0 Å². The van der Waals surface area contributed by atoms with E-state index in [9.17, 15) is 9.59 Å². The second-order valence-corrected chi connectivity index (χ2v) is 6.40. The second kappa shape index (κ2) is 8.55. The summed E-state index contributed by atoms with van der Waals surface area (Å²) in [6.45, 7) is 4.29. The molecule has 2 rings (SSSR count). The summed E-state index contributed by atoms with van der Waals surface area (Å²) in [5, 5.41) is 6.13. The minimum absolute atomic E-state index is 0.234. The van der Waals surface area contributed by atoms with Crippen LogP contribution in [-0.2, 0) is 11.3 Å². The Morgan fingerprint density at radius 2 is 1.88 bits per heavy atom. The first-order valence-corrected chi connectivity index (χ1v) is 8.20. The molecule has 2 N–H and O–H groups in total. The molecular formula is C18H21ClN2O3. The highest BCUT2D eigenvalue weighted by Gasteiger charge is 2.22. The van der Waals surface area contributed by atoms with E-state index < -0.39 is 6.04 Å². The third kappa shape index (κ3) is 5.42. The molecule has 0 saturated heterocycles. The van der Waals surface area contributed by atoms with Crippen LogP contribution < -0.4 is 10.6 Å². The molecule has 2 amide bonds. The van der Waals surface area contributed by atoms with Crippen molar-refractivity contribution in [3.63, 3.8) is 0 Å². The van der Waals surface area contributed by atoms with Gasteiger partial charge in [-0.25, -0.2) is 0 Å². The molecule has 1 atom stereocenters. The number of halogens is 1. The Kier molecular flexibility index (Phi) is 6.44. The summed E-state index contributed by atoms with van der Waals surface area (Å²) in [6, 6.07) is 9.48. The highest BCUT2D eigenvalue weighted by atomic mass is 35.5. The number of furan rings is 1. The SMILES string of the molecule is CC(C)C[C@H](NC(=O)c1ccc(Cl)cc1)C(=O)NCc1ccco1. The Morgan fingerprint density at radius 3 is 2.46 bits per heavy atom. The van der Waals surface area contributed by atoms with Crippen LogP contribution in [0.25, 0.3) is 0 Å². The van der Waals surface area contributed by atoms with E-state index in [0.29, 0.717) is 22.8 Å². The lowest BCUT2D eigenvalue weighted by atomic mass is 10.0. The minimum atomic E-state index is -0.608. The zero-order chi connectivity index (χ0) is 17.5. The van der Waals surface area contributed by atoms with Gasteiger partial charge in [0.1, 0.15) is 11.8 Å². The normalized spacial score (nSPS) is 12.0. The third-order valence-corrected chi connectivity index (χ3v) is 3.70. The van der Waals surface area contributed by atoms with Gasteiger partial charge in [-0.1, -0.05) is 25.4 Å². The number of hydrogen-bond acceptors (Lipinski definition) is 3. The van der Waals surface area contributed by atoms with Crippen molar-refractivity contribution < 1.29 is 14.0 Å². The molecule has 128 valence electrons. The number of carbonyl (C=O) groups is 2. The van der Waals surface area contributed by atoms with Crippen molar-refractivity contribution in [3.8, 4) is 0 Å². The molecule has 24 heavy (non-hydrogen) atoms.